The second kappa shape index (κ2) is 4.26. The zero-order valence-corrected chi connectivity index (χ0v) is 11.1. The summed E-state index contributed by atoms with van der Waals surface area (Å²) in [5.74, 6) is 0.961. The minimum Gasteiger partial charge on any atom is -0.367 e. The molecule has 2 aromatic heterocycles. The lowest BCUT2D eigenvalue weighted by atomic mass is 9.73. The Kier molecular flexibility index (Phi) is 2.73. The first-order valence-corrected chi connectivity index (χ1v) is 6.72. The zero-order valence-electron chi connectivity index (χ0n) is 11.1. The number of nitrogens with zero attached hydrogens (tertiary/aromatic N) is 3. The van der Waals surface area contributed by atoms with Crippen LogP contribution in [0.15, 0.2) is 24.5 Å². The Morgan fingerprint density at radius 1 is 1.33 bits per heavy atom. The molecule has 0 amide bonds. The highest BCUT2D eigenvalue weighted by molar-refractivity contribution is 5.46. The SMILES string of the molecule is CC1(C)CCCCC1Nc1ccn2nccc2n1. The molecule has 0 radical (unpaired) electrons. The average Bonchev–Trinajstić information content (AvgIpc) is 2.79. The molecule has 1 aliphatic carbocycles. The summed E-state index contributed by atoms with van der Waals surface area (Å²) >= 11 is 0. The Morgan fingerprint density at radius 3 is 3.06 bits per heavy atom. The molecule has 1 atom stereocenters. The van der Waals surface area contributed by atoms with Gasteiger partial charge in [-0.1, -0.05) is 26.7 Å². The molecule has 4 heteroatoms. The van der Waals surface area contributed by atoms with E-state index in [0.29, 0.717) is 11.5 Å². The van der Waals surface area contributed by atoms with Crippen LogP contribution >= 0.6 is 0 Å². The molecule has 0 spiro atoms. The van der Waals surface area contributed by atoms with Crippen LogP contribution in [0.2, 0.25) is 0 Å². The van der Waals surface area contributed by atoms with Crippen LogP contribution < -0.4 is 5.32 Å². The Balaban J connectivity index is 1.82. The van der Waals surface area contributed by atoms with Gasteiger partial charge in [0.05, 0.1) is 6.20 Å². The topological polar surface area (TPSA) is 42.2 Å². The third-order valence-corrected chi connectivity index (χ3v) is 4.09. The van der Waals surface area contributed by atoms with Gasteiger partial charge in [0, 0.05) is 18.3 Å². The summed E-state index contributed by atoms with van der Waals surface area (Å²) in [4.78, 5) is 4.58. The molecule has 1 fully saturated rings. The minimum absolute atomic E-state index is 0.353. The highest BCUT2D eigenvalue weighted by Crippen LogP contribution is 2.36. The summed E-state index contributed by atoms with van der Waals surface area (Å²) in [5, 5.41) is 7.76. The third-order valence-electron chi connectivity index (χ3n) is 4.09. The van der Waals surface area contributed by atoms with Gasteiger partial charge in [0.25, 0.3) is 0 Å². The first-order chi connectivity index (χ1) is 8.65. The van der Waals surface area contributed by atoms with Gasteiger partial charge < -0.3 is 5.32 Å². The van der Waals surface area contributed by atoms with Crippen LogP contribution in [-0.2, 0) is 0 Å². The van der Waals surface area contributed by atoms with Crippen molar-refractivity contribution in [1.29, 1.82) is 0 Å². The van der Waals surface area contributed by atoms with Gasteiger partial charge in [-0.15, -0.1) is 0 Å². The number of aromatic nitrogens is 3. The monoisotopic (exact) mass is 244 g/mol. The van der Waals surface area contributed by atoms with E-state index in [9.17, 15) is 0 Å². The molecule has 0 bridgehead atoms. The third kappa shape index (κ3) is 2.07. The van der Waals surface area contributed by atoms with Crippen molar-refractivity contribution in [2.24, 2.45) is 5.41 Å². The molecule has 1 saturated carbocycles. The van der Waals surface area contributed by atoms with Gasteiger partial charge in [-0.05, 0) is 24.3 Å². The first kappa shape index (κ1) is 11.5. The van der Waals surface area contributed by atoms with Gasteiger partial charge in [-0.25, -0.2) is 9.50 Å². The fraction of sp³-hybridized carbons (Fsp3) is 0.571. The maximum atomic E-state index is 4.58. The number of hydrogen-bond donors (Lipinski definition) is 1. The van der Waals surface area contributed by atoms with Crippen molar-refractivity contribution in [2.45, 2.75) is 45.6 Å². The number of rotatable bonds is 2. The van der Waals surface area contributed by atoms with Crippen molar-refractivity contribution < 1.29 is 0 Å². The van der Waals surface area contributed by atoms with Crippen LogP contribution in [0.3, 0.4) is 0 Å². The van der Waals surface area contributed by atoms with Gasteiger partial charge in [-0.2, -0.15) is 5.10 Å². The summed E-state index contributed by atoms with van der Waals surface area (Å²) in [7, 11) is 0. The second-order valence-electron chi connectivity index (χ2n) is 5.88. The summed E-state index contributed by atoms with van der Waals surface area (Å²) in [6, 6.07) is 4.45. The van der Waals surface area contributed by atoms with Crippen molar-refractivity contribution >= 4 is 11.5 Å². The molecular weight excluding hydrogens is 224 g/mol. The number of fused-ring (bicyclic) bond motifs is 1. The van der Waals surface area contributed by atoms with Gasteiger partial charge in [0.1, 0.15) is 5.82 Å². The lowest BCUT2D eigenvalue weighted by Crippen LogP contribution is -2.39. The van der Waals surface area contributed by atoms with E-state index in [1.54, 1.807) is 10.7 Å². The maximum absolute atomic E-state index is 4.58. The molecule has 0 aliphatic heterocycles. The van der Waals surface area contributed by atoms with Crippen LogP contribution in [0, 0.1) is 5.41 Å². The van der Waals surface area contributed by atoms with E-state index in [-0.39, 0.29) is 0 Å². The Morgan fingerprint density at radius 2 is 2.22 bits per heavy atom. The van der Waals surface area contributed by atoms with Crippen molar-refractivity contribution in [1.82, 2.24) is 14.6 Å². The molecule has 18 heavy (non-hydrogen) atoms. The minimum atomic E-state index is 0.353. The number of hydrogen-bond acceptors (Lipinski definition) is 3. The Labute approximate surface area is 107 Å². The molecule has 1 N–H and O–H groups in total. The van der Waals surface area contributed by atoms with Crippen molar-refractivity contribution in [3.8, 4) is 0 Å². The van der Waals surface area contributed by atoms with Gasteiger partial charge in [0.2, 0.25) is 0 Å². The maximum Gasteiger partial charge on any atom is 0.157 e. The molecule has 2 aromatic rings. The highest BCUT2D eigenvalue weighted by Gasteiger charge is 2.32. The van der Waals surface area contributed by atoms with Gasteiger partial charge >= 0.3 is 0 Å². The Bertz CT molecular complexity index is 543. The van der Waals surface area contributed by atoms with Crippen LogP contribution in [0.5, 0.6) is 0 Å². The van der Waals surface area contributed by atoms with Crippen LogP contribution in [-0.4, -0.2) is 20.6 Å². The quantitative estimate of drug-likeness (QED) is 0.882. The molecule has 2 heterocycles. The van der Waals surface area contributed by atoms with E-state index >= 15 is 0 Å². The average molecular weight is 244 g/mol. The van der Waals surface area contributed by atoms with Crippen LogP contribution in [0.25, 0.3) is 5.65 Å². The largest absolute Gasteiger partial charge is 0.367 e. The molecule has 0 aromatic carbocycles. The van der Waals surface area contributed by atoms with Crippen molar-refractivity contribution in [3.05, 3.63) is 24.5 Å². The van der Waals surface area contributed by atoms with E-state index in [4.69, 9.17) is 0 Å². The smallest absolute Gasteiger partial charge is 0.157 e. The fourth-order valence-corrected chi connectivity index (χ4v) is 2.83. The summed E-state index contributed by atoms with van der Waals surface area (Å²) in [5.41, 5.74) is 1.25. The van der Waals surface area contributed by atoms with Crippen LogP contribution in [0.4, 0.5) is 5.82 Å². The lowest BCUT2D eigenvalue weighted by Gasteiger charge is -2.39. The standard InChI is InChI=1S/C14H20N4/c1-14(2)8-4-3-5-11(14)16-12-7-10-18-13(17-12)6-9-15-18/h6-7,9-11H,3-5,8H2,1-2H3,(H,16,17). The predicted octanol–water partition coefficient (Wildman–Crippen LogP) is 3.11. The summed E-state index contributed by atoms with van der Waals surface area (Å²) in [6.07, 6.45) is 8.92. The summed E-state index contributed by atoms with van der Waals surface area (Å²) < 4.78 is 1.79. The van der Waals surface area contributed by atoms with Crippen molar-refractivity contribution in [3.63, 3.8) is 0 Å². The predicted molar refractivity (Wildman–Crippen MR) is 72.6 cm³/mol. The van der Waals surface area contributed by atoms with Crippen molar-refractivity contribution in [2.75, 3.05) is 5.32 Å². The molecule has 1 unspecified atom stereocenters. The number of anilines is 1. The molecular formula is C14H20N4. The Hall–Kier alpha value is -1.58. The number of nitrogens with one attached hydrogen (secondary N) is 1. The molecule has 1 aliphatic rings. The van der Waals surface area contributed by atoms with E-state index < -0.39 is 0 Å². The highest BCUT2D eigenvalue weighted by atomic mass is 15.2. The molecule has 0 saturated heterocycles. The first-order valence-electron chi connectivity index (χ1n) is 6.72. The zero-order chi connectivity index (χ0) is 12.6. The summed E-state index contributed by atoms with van der Waals surface area (Å²) in [6.45, 7) is 4.70. The molecule has 3 rings (SSSR count). The normalized spacial score (nSPS) is 23.1. The van der Waals surface area contributed by atoms with E-state index in [1.165, 1.54) is 25.7 Å². The lowest BCUT2D eigenvalue weighted by molar-refractivity contribution is 0.216. The van der Waals surface area contributed by atoms with Gasteiger partial charge in [0.15, 0.2) is 5.65 Å². The van der Waals surface area contributed by atoms with E-state index in [1.807, 2.05) is 18.3 Å². The van der Waals surface area contributed by atoms with E-state index in [0.717, 1.165) is 11.5 Å². The van der Waals surface area contributed by atoms with Crippen LogP contribution in [0.1, 0.15) is 39.5 Å². The molecule has 96 valence electrons. The second-order valence-corrected chi connectivity index (χ2v) is 5.88. The molecule has 4 nitrogen and oxygen atoms in total. The van der Waals surface area contributed by atoms with Gasteiger partial charge in [-0.3, -0.25) is 0 Å². The van der Waals surface area contributed by atoms with E-state index in [2.05, 4.69) is 29.2 Å². The fourth-order valence-electron chi connectivity index (χ4n) is 2.83.